The fourth-order valence-corrected chi connectivity index (χ4v) is 3.56. The molecular weight excluding hydrogens is 402 g/mol. The molecule has 3 aromatic rings. The van der Waals surface area contributed by atoms with Gasteiger partial charge in [-0.25, -0.2) is 9.48 Å². The van der Waals surface area contributed by atoms with Crippen molar-refractivity contribution in [3.8, 4) is 5.75 Å². The first-order valence-corrected chi connectivity index (χ1v) is 9.62. The van der Waals surface area contributed by atoms with Crippen molar-refractivity contribution in [3.05, 3.63) is 63.8 Å². The van der Waals surface area contributed by atoms with Gasteiger partial charge in [0.2, 0.25) is 0 Å². The van der Waals surface area contributed by atoms with E-state index in [-0.39, 0.29) is 12.6 Å². The fraction of sp³-hybridized carbons (Fsp3) is 0.211. The molecule has 0 aliphatic heterocycles. The maximum absolute atomic E-state index is 12.7. The predicted molar refractivity (Wildman–Crippen MR) is 107 cm³/mol. The van der Waals surface area contributed by atoms with E-state index in [9.17, 15) is 9.59 Å². The predicted octanol–water partition coefficient (Wildman–Crippen LogP) is 4.24. The molecule has 0 spiro atoms. The van der Waals surface area contributed by atoms with Gasteiger partial charge in [0.1, 0.15) is 10.8 Å². The van der Waals surface area contributed by atoms with Crippen molar-refractivity contribution in [2.75, 3.05) is 12.4 Å². The number of thiophene rings is 1. The number of esters is 1. The van der Waals surface area contributed by atoms with Gasteiger partial charge >= 0.3 is 5.97 Å². The lowest BCUT2D eigenvalue weighted by molar-refractivity contribution is 0.0602. The molecular formula is C19H18ClN3O4S. The zero-order valence-electron chi connectivity index (χ0n) is 15.3. The molecule has 0 atom stereocenters. The lowest BCUT2D eigenvalue weighted by Gasteiger charge is -2.09. The lowest BCUT2D eigenvalue weighted by atomic mass is 10.2. The van der Waals surface area contributed by atoms with Gasteiger partial charge in [-0.3, -0.25) is 4.79 Å². The zero-order valence-corrected chi connectivity index (χ0v) is 16.8. The van der Waals surface area contributed by atoms with Crippen LogP contribution in [0.5, 0.6) is 5.75 Å². The number of hydrogen-bond acceptors (Lipinski definition) is 6. The number of nitrogens with one attached hydrogen (secondary N) is 1. The number of amides is 1. The molecule has 0 aliphatic carbocycles. The molecule has 1 aromatic carbocycles. The Morgan fingerprint density at radius 2 is 2.14 bits per heavy atom. The molecule has 0 radical (unpaired) electrons. The monoisotopic (exact) mass is 419 g/mol. The van der Waals surface area contributed by atoms with Crippen LogP contribution in [-0.2, 0) is 17.9 Å². The van der Waals surface area contributed by atoms with Crippen molar-refractivity contribution >= 4 is 39.8 Å². The summed E-state index contributed by atoms with van der Waals surface area (Å²) in [4.78, 5) is 25.6. The van der Waals surface area contributed by atoms with E-state index in [0.29, 0.717) is 26.9 Å². The smallest absolute Gasteiger partial charge is 0.340 e. The quantitative estimate of drug-likeness (QED) is 0.579. The first-order valence-electron chi connectivity index (χ1n) is 8.43. The van der Waals surface area contributed by atoms with Gasteiger partial charge in [0.25, 0.3) is 5.91 Å². The number of methoxy groups -OCH3 is 1. The third-order valence-corrected chi connectivity index (χ3v) is 5.22. The standard InChI is InChI=1S/C19H18ClN3O4S/c1-3-15-8-16(19(25)26-2)18(28-15)22-17(24)12-5-4-6-14(7-12)27-11-23-10-13(20)9-21-23/h4-10H,3,11H2,1-2H3,(H,22,24). The molecule has 0 fully saturated rings. The average molecular weight is 420 g/mol. The largest absolute Gasteiger partial charge is 0.471 e. The van der Waals surface area contributed by atoms with E-state index in [1.807, 2.05) is 6.92 Å². The maximum atomic E-state index is 12.7. The van der Waals surface area contributed by atoms with Crippen LogP contribution in [0.4, 0.5) is 5.00 Å². The lowest BCUT2D eigenvalue weighted by Crippen LogP contribution is -2.14. The van der Waals surface area contributed by atoms with Crippen molar-refractivity contribution in [1.29, 1.82) is 0 Å². The second-order valence-electron chi connectivity index (χ2n) is 5.75. The van der Waals surface area contributed by atoms with Crippen LogP contribution in [0.2, 0.25) is 5.02 Å². The van der Waals surface area contributed by atoms with Crippen molar-refractivity contribution in [3.63, 3.8) is 0 Å². The number of hydrogen-bond donors (Lipinski definition) is 1. The van der Waals surface area contributed by atoms with Crippen LogP contribution in [0, 0.1) is 0 Å². The van der Waals surface area contributed by atoms with Crippen LogP contribution < -0.4 is 10.1 Å². The molecule has 146 valence electrons. The summed E-state index contributed by atoms with van der Waals surface area (Å²) < 4.78 is 12.0. The van der Waals surface area contributed by atoms with E-state index in [2.05, 4.69) is 10.4 Å². The van der Waals surface area contributed by atoms with E-state index in [1.165, 1.54) is 29.3 Å². The molecule has 9 heteroatoms. The van der Waals surface area contributed by atoms with Gasteiger partial charge in [-0.1, -0.05) is 24.6 Å². The van der Waals surface area contributed by atoms with E-state index in [1.54, 1.807) is 36.5 Å². The first-order chi connectivity index (χ1) is 13.5. The Balaban J connectivity index is 1.72. The Hall–Kier alpha value is -2.84. The van der Waals surface area contributed by atoms with Gasteiger partial charge in [-0.05, 0) is 30.7 Å². The molecule has 3 rings (SSSR count). The molecule has 0 aliphatic rings. The number of carbonyl (C=O) groups is 2. The highest BCUT2D eigenvalue weighted by molar-refractivity contribution is 7.16. The topological polar surface area (TPSA) is 82.5 Å². The van der Waals surface area contributed by atoms with Gasteiger partial charge in [-0.2, -0.15) is 5.10 Å². The summed E-state index contributed by atoms with van der Waals surface area (Å²) in [5.74, 6) is -0.323. The number of anilines is 1. The van der Waals surface area contributed by atoms with E-state index >= 15 is 0 Å². The Morgan fingerprint density at radius 1 is 1.32 bits per heavy atom. The normalized spacial score (nSPS) is 10.5. The SMILES string of the molecule is CCc1cc(C(=O)OC)c(NC(=O)c2cccc(OCn3cc(Cl)cn3)c2)s1. The molecule has 0 unspecified atom stereocenters. The number of ether oxygens (including phenoxy) is 2. The third-order valence-electron chi connectivity index (χ3n) is 3.83. The Labute approximate surface area is 170 Å². The Bertz CT molecular complexity index is 999. The summed E-state index contributed by atoms with van der Waals surface area (Å²) in [6.45, 7) is 2.14. The third kappa shape index (κ3) is 4.71. The van der Waals surface area contributed by atoms with Gasteiger partial charge in [0.05, 0.1) is 23.9 Å². The zero-order chi connectivity index (χ0) is 20.1. The summed E-state index contributed by atoms with van der Waals surface area (Å²) in [6.07, 6.45) is 3.90. The van der Waals surface area contributed by atoms with Gasteiger partial charge in [0, 0.05) is 16.6 Å². The molecule has 7 nitrogen and oxygen atoms in total. The number of nitrogens with zero attached hydrogens (tertiary/aromatic N) is 2. The van der Waals surface area contributed by atoms with Crippen LogP contribution in [0.1, 0.15) is 32.5 Å². The van der Waals surface area contributed by atoms with Crippen molar-refractivity contribution in [1.82, 2.24) is 9.78 Å². The molecule has 1 N–H and O–H groups in total. The number of aromatic nitrogens is 2. The molecule has 0 saturated heterocycles. The number of aryl methyl sites for hydroxylation is 1. The molecule has 2 aromatic heterocycles. The molecule has 0 bridgehead atoms. The molecule has 2 heterocycles. The van der Waals surface area contributed by atoms with Crippen LogP contribution in [0.25, 0.3) is 0 Å². The summed E-state index contributed by atoms with van der Waals surface area (Å²) in [7, 11) is 1.31. The van der Waals surface area contributed by atoms with Crippen LogP contribution in [-0.4, -0.2) is 28.8 Å². The average Bonchev–Trinajstić information content (AvgIpc) is 3.31. The summed E-state index contributed by atoms with van der Waals surface area (Å²) in [6, 6.07) is 8.47. The summed E-state index contributed by atoms with van der Waals surface area (Å²) in [5.41, 5.74) is 0.749. The first kappa shape index (κ1) is 19.9. The van der Waals surface area contributed by atoms with Crippen LogP contribution in [0.15, 0.2) is 42.7 Å². The van der Waals surface area contributed by atoms with Crippen LogP contribution in [0.3, 0.4) is 0 Å². The van der Waals surface area contributed by atoms with Crippen LogP contribution >= 0.6 is 22.9 Å². The second-order valence-corrected chi connectivity index (χ2v) is 7.33. The maximum Gasteiger partial charge on any atom is 0.340 e. The van der Waals surface area contributed by atoms with Crippen molar-refractivity contribution < 1.29 is 19.1 Å². The Morgan fingerprint density at radius 3 is 2.82 bits per heavy atom. The minimum atomic E-state index is -0.485. The van der Waals surface area contributed by atoms with Crippen molar-refractivity contribution in [2.45, 2.75) is 20.1 Å². The minimum absolute atomic E-state index is 0.162. The van der Waals surface area contributed by atoms with E-state index in [4.69, 9.17) is 21.1 Å². The van der Waals surface area contributed by atoms with Gasteiger partial charge < -0.3 is 14.8 Å². The number of rotatable bonds is 7. The second kappa shape index (κ2) is 8.90. The Kier molecular flexibility index (Phi) is 6.33. The minimum Gasteiger partial charge on any atom is -0.471 e. The van der Waals surface area contributed by atoms with Gasteiger partial charge in [0.15, 0.2) is 6.73 Å². The fourth-order valence-electron chi connectivity index (χ4n) is 2.42. The highest BCUT2D eigenvalue weighted by Crippen LogP contribution is 2.30. The van der Waals surface area contributed by atoms with Gasteiger partial charge in [-0.15, -0.1) is 11.3 Å². The van der Waals surface area contributed by atoms with Crippen molar-refractivity contribution in [2.24, 2.45) is 0 Å². The number of carbonyl (C=O) groups excluding carboxylic acids is 2. The summed E-state index contributed by atoms with van der Waals surface area (Å²) >= 11 is 7.17. The molecule has 0 saturated carbocycles. The molecule has 28 heavy (non-hydrogen) atoms. The van der Waals surface area contributed by atoms with E-state index in [0.717, 1.165) is 11.3 Å². The number of benzene rings is 1. The highest BCUT2D eigenvalue weighted by atomic mass is 35.5. The van der Waals surface area contributed by atoms with E-state index < -0.39 is 5.97 Å². The molecule has 1 amide bonds. The summed E-state index contributed by atoms with van der Waals surface area (Å²) in [5, 5.41) is 7.79. The highest BCUT2D eigenvalue weighted by Gasteiger charge is 2.19. The number of halogens is 1.